The summed E-state index contributed by atoms with van der Waals surface area (Å²) in [6.07, 6.45) is 1.70. The Bertz CT molecular complexity index is 666. The van der Waals surface area contributed by atoms with Crippen molar-refractivity contribution in [3.05, 3.63) is 28.3 Å². The lowest BCUT2D eigenvalue weighted by Crippen LogP contribution is -2.53. The molecule has 4 nitrogen and oxygen atoms in total. The van der Waals surface area contributed by atoms with Crippen molar-refractivity contribution < 1.29 is 14.3 Å². The van der Waals surface area contributed by atoms with Crippen LogP contribution in [0.15, 0.2) is 12.1 Å². The zero-order valence-electron chi connectivity index (χ0n) is 13.2. The number of carbonyl (C=O) groups excluding carboxylic acids is 2. The van der Waals surface area contributed by atoms with Crippen LogP contribution in [-0.4, -0.2) is 40.1 Å². The molecule has 2 aliphatic rings. The van der Waals surface area contributed by atoms with E-state index in [0.29, 0.717) is 48.7 Å². The Morgan fingerprint density at radius 2 is 2.04 bits per heavy atom. The largest absolute Gasteiger partial charge is 0.486 e. The van der Waals surface area contributed by atoms with Crippen molar-refractivity contribution in [2.75, 3.05) is 13.1 Å². The molecule has 1 fully saturated rings. The van der Waals surface area contributed by atoms with Crippen molar-refractivity contribution in [2.45, 2.75) is 43.5 Å². The van der Waals surface area contributed by atoms with Crippen molar-refractivity contribution in [2.24, 2.45) is 0 Å². The van der Waals surface area contributed by atoms with Crippen LogP contribution in [0.3, 0.4) is 0 Å². The maximum absolute atomic E-state index is 12.6. The molecular weight excluding hydrogens is 382 g/mol. The number of ketones is 1. The SMILES string of the molecule is Cc1cc(Cl)cc2c1OC1(CCN(C(=O)C(C)Br)CC1)CC2=O. The van der Waals surface area contributed by atoms with Gasteiger partial charge in [0.15, 0.2) is 5.78 Å². The summed E-state index contributed by atoms with van der Waals surface area (Å²) in [5, 5.41) is 0.556. The van der Waals surface area contributed by atoms with E-state index in [9.17, 15) is 9.59 Å². The second-order valence-electron chi connectivity index (χ2n) is 6.43. The lowest BCUT2D eigenvalue weighted by atomic mass is 9.82. The van der Waals surface area contributed by atoms with Gasteiger partial charge in [0.2, 0.25) is 5.91 Å². The van der Waals surface area contributed by atoms with Gasteiger partial charge in [0, 0.05) is 31.0 Å². The van der Waals surface area contributed by atoms with Crippen LogP contribution >= 0.6 is 27.5 Å². The monoisotopic (exact) mass is 399 g/mol. The van der Waals surface area contributed by atoms with Gasteiger partial charge in [0.05, 0.1) is 16.8 Å². The molecule has 1 unspecified atom stereocenters. The highest BCUT2D eigenvalue weighted by molar-refractivity contribution is 9.10. The summed E-state index contributed by atoms with van der Waals surface area (Å²) >= 11 is 9.37. The van der Waals surface area contributed by atoms with E-state index in [-0.39, 0.29) is 16.5 Å². The Morgan fingerprint density at radius 3 is 2.65 bits per heavy atom. The summed E-state index contributed by atoms with van der Waals surface area (Å²) in [6.45, 7) is 4.97. The van der Waals surface area contributed by atoms with Crippen LogP contribution in [0.5, 0.6) is 5.75 Å². The van der Waals surface area contributed by atoms with Gasteiger partial charge in [-0.2, -0.15) is 0 Å². The van der Waals surface area contributed by atoms with E-state index in [2.05, 4.69) is 15.9 Å². The van der Waals surface area contributed by atoms with Crippen LogP contribution in [0.25, 0.3) is 0 Å². The topological polar surface area (TPSA) is 46.6 Å². The Morgan fingerprint density at radius 1 is 1.39 bits per heavy atom. The molecule has 1 aromatic carbocycles. The maximum Gasteiger partial charge on any atom is 0.236 e. The predicted octanol–water partition coefficient (Wildman–Crippen LogP) is 3.76. The minimum Gasteiger partial charge on any atom is -0.486 e. The Labute approximate surface area is 149 Å². The lowest BCUT2D eigenvalue weighted by molar-refractivity contribution is -0.133. The molecule has 6 heteroatoms. The fraction of sp³-hybridized carbons (Fsp3) is 0.529. The number of piperidine rings is 1. The number of carbonyl (C=O) groups is 2. The van der Waals surface area contributed by atoms with Crippen LogP contribution in [-0.2, 0) is 4.79 Å². The van der Waals surface area contributed by atoms with E-state index < -0.39 is 5.60 Å². The van der Waals surface area contributed by atoms with E-state index in [1.54, 1.807) is 6.07 Å². The lowest BCUT2D eigenvalue weighted by Gasteiger charge is -2.44. The van der Waals surface area contributed by atoms with Crippen molar-refractivity contribution >= 4 is 39.2 Å². The second kappa shape index (κ2) is 6.10. The fourth-order valence-electron chi connectivity index (χ4n) is 3.38. The number of benzene rings is 1. The molecule has 0 radical (unpaired) electrons. The average Bonchev–Trinajstić information content (AvgIpc) is 2.49. The molecule has 1 saturated heterocycles. The molecule has 0 bridgehead atoms. The maximum atomic E-state index is 12.6. The number of rotatable bonds is 1. The zero-order valence-corrected chi connectivity index (χ0v) is 15.5. The van der Waals surface area contributed by atoms with Gasteiger partial charge < -0.3 is 9.64 Å². The molecule has 3 rings (SSSR count). The highest BCUT2D eigenvalue weighted by Gasteiger charge is 2.44. The van der Waals surface area contributed by atoms with Crippen molar-refractivity contribution in [1.29, 1.82) is 0 Å². The molecule has 1 spiro atoms. The number of nitrogens with zero attached hydrogens (tertiary/aromatic N) is 1. The number of halogens is 2. The molecule has 1 atom stereocenters. The Hall–Kier alpha value is -1.07. The van der Waals surface area contributed by atoms with E-state index >= 15 is 0 Å². The number of hydrogen-bond donors (Lipinski definition) is 0. The molecule has 124 valence electrons. The number of fused-ring (bicyclic) bond motifs is 1. The summed E-state index contributed by atoms with van der Waals surface area (Å²) in [5.74, 6) is 0.815. The summed E-state index contributed by atoms with van der Waals surface area (Å²) in [6, 6.07) is 3.50. The van der Waals surface area contributed by atoms with Crippen LogP contribution in [0.1, 0.15) is 42.1 Å². The number of Topliss-reactive ketones (excluding diaryl/α,β-unsaturated/α-hetero) is 1. The first-order valence-corrected chi connectivity index (χ1v) is 9.06. The van der Waals surface area contributed by atoms with Crippen molar-refractivity contribution in [3.63, 3.8) is 0 Å². The normalized spacial score (nSPS) is 20.9. The quantitative estimate of drug-likeness (QED) is 0.674. The van der Waals surface area contributed by atoms with Crippen LogP contribution in [0.2, 0.25) is 5.02 Å². The van der Waals surface area contributed by atoms with E-state index in [1.807, 2.05) is 24.8 Å². The van der Waals surface area contributed by atoms with Gasteiger partial charge in [0.25, 0.3) is 0 Å². The molecule has 1 aromatic rings. The number of aryl methyl sites for hydroxylation is 1. The number of hydrogen-bond acceptors (Lipinski definition) is 3. The van der Waals surface area contributed by atoms with Crippen LogP contribution in [0, 0.1) is 6.92 Å². The van der Waals surface area contributed by atoms with Crippen LogP contribution < -0.4 is 4.74 Å². The Kier molecular flexibility index (Phi) is 4.45. The van der Waals surface area contributed by atoms with Gasteiger partial charge in [0.1, 0.15) is 11.4 Å². The molecule has 0 N–H and O–H groups in total. The third-order valence-corrected chi connectivity index (χ3v) is 5.28. The van der Waals surface area contributed by atoms with E-state index in [1.165, 1.54) is 0 Å². The summed E-state index contributed by atoms with van der Waals surface area (Å²) in [5.41, 5.74) is 0.968. The van der Waals surface area contributed by atoms with Crippen LogP contribution in [0.4, 0.5) is 0 Å². The smallest absolute Gasteiger partial charge is 0.236 e. The number of ether oxygens (including phenoxy) is 1. The van der Waals surface area contributed by atoms with Gasteiger partial charge >= 0.3 is 0 Å². The first kappa shape index (κ1) is 16.8. The van der Waals surface area contributed by atoms with E-state index in [4.69, 9.17) is 16.3 Å². The first-order chi connectivity index (χ1) is 10.8. The molecule has 0 saturated carbocycles. The molecule has 2 aliphatic heterocycles. The molecule has 0 aromatic heterocycles. The highest BCUT2D eigenvalue weighted by atomic mass is 79.9. The molecule has 1 amide bonds. The van der Waals surface area contributed by atoms with Crippen molar-refractivity contribution in [3.8, 4) is 5.75 Å². The molecule has 23 heavy (non-hydrogen) atoms. The molecule has 0 aliphatic carbocycles. The van der Waals surface area contributed by atoms with Gasteiger partial charge in [-0.25, -0.2) is 0 Å². The summed E-state index contributed by atoms with van der Waals surface area (Å²) in [7, 11) is 0. The second-order valence-corrected chi connectivity index (χ2v) is 8.24. The average molecular weight is 401 g/mol. The first-order valence-electron chi connectivity index (χ1n) is 7.76. The minimum absolute atomic E-state index is 0.0745. The van der Waals surface area contributed by atoms with Gasteiger partial charge in [-0.15, -0.1) is 0 Å². The van der Waals surface area contributed by atoms with Crippen molar-refractivity contribution in [1.82, 2.24) is 4.90 Å². The van der Waals surface area contributed by atoms with Gasteiger partial charge in [-0.05, 0) is 31.5 Å². The molecular formula is C17H19BrClNO3. The van der Waals surface area contributed by atoms with Gasteiger partial charge in [-0.1, -0.05) is 27.5 Å². The van der Waals surface area contributed by atoms with Gasteiger partial charge in [-0.3, -0.25) is 9.59 Å². The Balaban J connectivity index is 1.81. The third kappa shape index (κ3) is 3.13. The zero-order chi connectivity index (χ0) is 16.8. The van der Waals surface area contributed by atoms with E-state index in [0.717, 1.165) is 5.56 Å². The summed E-state index contributed by atoms with van der Waals surface area (Å²) < 4.78 is 6.28. The fourth-order valence-corrected chi connectivity index (χ4v) is 3.94. The predicted molar refractivity (Wildman–Crippen MR) is 92.7 cm³/mol. The number of alkyl halides is 1. The standard InChI is InChI=1S/C17H19BrClNO3/c1-10-7-12(19)8-13-14(21)9-17(23-15(10)13)3-5-20(6-4-17)16(22)11(2)18/h7-8,11H,3-6,9H2,1-2H3. The summed E-state index contributed by atoms with van der Waals surface area (Å²) in [4.78, 5) is 26.3. The highest BCUT2D eigenvalue weighted by Crippen LogP contribution is 2.42. The number of amides is 1. The minimum atomic E-state index is -0.491. The molecule has 2 heterocycles. The number of likely N-dealkylation sites (tertiary alicyclic amines) is 1. The third-order valence-electron chi connectivity index (χ3n) is 4.67.